The van der Waals surface area contributed by atoms with E-state index in [1.165, 1.54) is 12.1 Å². The Labute approximate surface area is 95.7 Å². The molecule has 0 spiro atoms. The van der Waals surface area contributed by atoms with Gasteiger partial charge in [-0.2, -0.15) is 0 Å². The van der Waals surface area contributed by atoms with Gasteiger partial charge in [-0.05, 0) is 30.2 Å². The number of allylic oxidation sites excluding steroid dienone is 1. The highest BCUT2D eigenvalue weighted by molar-refractivity contribution is 5.94. The third-order valence-electron chi connectivity index (χ3n) is 1.94. The van der Waals surface area contributed by atoms with Crippen LogP contribution in [-0.4, -0.2) is 12.3 Å². The normalized spacial score (nSPS) is 11.0. The Kier molecular flexibility index (Phi) is 3.77. The second kappa shape index (κ2) is 4.90. The molecule has 0 bridgehead atoms. The van der Waals surface area contributed by atoms with Gasteiger partial charge in [0.05, 0.1) is 0 Å². The molecule has 0 atom stereocenters. The number of nitrogens with two attached hydrogens (primary N) is 1. The molecule has 0 saturated heterocycles. The number of halogens is 3. The van der Waals surface area contributed by atoms with Crippen LogP contribution >= 0.6 is 0 Å². The molecule has 1 aromatic carbocycles. The van der Waals surface area contributed by atoms with Gasteiger partial charge in [0.25, 0.3) is 0 Å². The fourth-order valence-electron chi connectivity index (χ4n) is 1.33. The summed E-state index contributed by atoms with van der Waals surface area (Å²) in [6, 6.07) is 3.36. The lowest BCUT2D eigenvalue weighted by atomic mass is 10.0. The van der Waals surface area contributed by atoms with Crippen molar-refractivity contribution in [2.75, 3.05) is 0 Å². The fourth-order valence-corrected chi connectivity index (χ4v) is 1.33. The molecule has 0 radical (unpaired) electrons. The van der Waals surface area contributed by atoms with Crippen LogP contribution in [0.4, 0.5) is 13.2 Å². The molecule has 0 aliphatic heterocycles. The lowest BCUT2D eigenvalue weighted by Gasteiger charge is -2.11. The lowest BCUT2D eigenvalue weighted by Crippen LogP contribution is -2.18. The average molecular weight is 245 g/mol. The highest BCUT2D eigenvalue weighted by Gasteiger charge is 2.31. The number of hydrogen-bond donors (Lipinski definition) is 1. The van der Waals surface area contributed by atoms with Crippen LogP contribution in [-0.2, 0) is 6.42 Å². The molecule has 0 aromatic heterocycles. The van der Waals surface area contributed by atoms with Gasteiger partial charge in [0.2, 0.25) is 5.91 Å². The summed E-state index contributed by atoms with van der Waals surface area (Å²) < 4.78 is 39.7. The summed E-state index contributed by atoms with van der Waals surface area (Å²) in [6.45, 7) is 3.45. The Morgan fingerprint density at radius 3 is 2.59 bits per heavy atom. The quantitative estimate of drug-likeness (QED) is 0.828. The van der Waals surface area contributed by atoms with E-state index in [1.54, 1.807) is 0 Å². The summed E-state index contributed by atoms with van der Waals surface area (Å²) in [7, 11) is 0. The summed E-state index contributed by atoms with van der Waals surface area (Å²) in [5.74, 6) is -1.10. The van der Waals surface area contributed by atoms with Crippen molar-refractivity contribution >= 4 is 5.91 Å². The maximum Gasteiger partial charge on any atom is 0.573 e. The topological polar surface area (TPSA) is 52.3 Å². The van der Waals surface area contributed by atoms with Crippen LogP contribution in [0.15, 0.2) is 30.9 Å². The number of ether oxygens (including phenoxy) is 1. The van der Waals surface area contributed by atoms with E-state index in [4.69, 9.17) is 5.73 Å². The van der Waals surface area contributed by atoms with E-state index in [1.807, 2.05) is 0 Å². The van der Waals surface area contributed by atoms with Crippen molar-refractivity contribution in [3.63, 3.8) is 0 Å². The van der Waals surface area contributed by atoms with Gasteiger partial charge in [0.15, 0.2) is 0 Å². The minimum Gasteiger partial charge on any atom is -0.406 e. The molecule has 2 N–H and O–H groups in total. The zero-order valence-corrected chi connectivity index (χ0v) is 8.75. The van der Waals surface area contributed by atoms with E-state index >= 15 is 0 Å². The van der Waals surface area contributed by atoms with E-state index in [9.17, 15) is 18.0 Å². The van der Waals surface area contributed by atoms with Crippen LogP contribution in [0, 0.1) is 0 Å². The average Bonchev–Trinajstić information content (AvgIpc) is 2.15. The summed E-state index contributed by atoms with van der Waals surface area (Å²) in [5.41, 5.74) is 5.58. The minimum absolute atomic E-state index is 0.152. The first-order valence-electron chi connectivity index (χ1n) is 4.63. The molecule has 0 aliphatic carbocycles. The van der Waals surface area contributed by atoms with Crippen LogP contribution in [0.5, 0.6) is 5.75 Å². The predicted octanol–water partition coefficient (Wildman–Crippen LogP) is 2.41. The second-order valence-corrected chi connectivity index (χ2v) is 3.22. The van der Waals surface area contributed by atoms with Gasteiger partial charge in [-0.15, -0.1) is 19.8 Å². The molecule has 92 valence electrons. The zero-order chi connectivity index (χ0) is 13.1. The number of amides is 1. The number of alkyl halides is 3. The largest absolute Gasteiger partial charge is 0.573 e. The van der Waals surface area contributed by atoms with Crippen molar-refractivity contribution in [2.45, 2.75) is 12.8 Å². The Morgan fingerprint density at radius 1 is 1.47 bits per heavy atom. The molecule has 1 aromatic rings. The maximum atomic E-state index is 12.0. The smallest absolute Gasteiger partial charge is 0.406 e. The standard InChI is InChI=1S/C11H10F3NO2/c1-2-3-7-6-8(17-11(12,13)14)4-5-9(7)10(15)16/h2,4-6H,1,3H2,(H2,15,16). The summed E-state index contributed by atoms with van der Waals surface area (Å²) >= 11 is 0. The van der Waals surface area contributed by atoms with E-state index in [0.29, 0.717) is 5.56 Å². The van der Waals surface area contributed by atoms with Gasteiger partial charge in [-0.3, -0.25) is 4.79 Å². The van der Waals surface area contributed by atoms with Gasteiger partial charge >= 0.3 is 6.36 Å². The minimum atomic E-state index is -4.76. The summed E-state index contributed by atoms with van der Waals surface area (Å²) in [5, 5.41) is 0. The Hall–Kier alpha value is -1.98. The van der Waals surface area contributed by atoms with Gasteiger partial charge < -0.3 is 10.5 Å². The lowest BCUT2D eigenvalue weighted by molar-refractivity contribution is -0.274. The van der Waals surface area contributed by atoms with Crippen LogP contribution in [0.2, 0.25) is 0 Å². The molecule has 1 rings (SSSR count). The number of carbonyl (C=O) groups excluding carboxylic acids is 1. The van der Waals surface area contributed by atoms with Crippen molar-refractivity contribution in [3.05, 3.63) is 42.0 Å². The van der Waals surface area contributed by atoms with Crippen molar-refractivity contribution < 1.29 is 22.7 Å². The zero-order valence-electron chi connectivity index (χ0n) is 8.75. The van der Waals surface area contributed by atoms with Gasteiger partial charge in [0.1, 0.15) is 5.75 Å². The second-order valence-electron chi connectivity index (χ2n) is 3.22. The molecule has 0 unspecified atom stereocenters. The fraction of sp³-hybridized carbons (Fsp3) is 0.182. The van der Waals surface area contributed by atoms with Crippen molar-refractivity contribution in [1.82, 2.24) is 0 Å². The predicted molar refractivity (Wildman–Crippen MR) is 55.5 cm³/mol. The van der Waals surface area contributed by atoms with Crippen LogP contribution in [0.1, 0.15) is 15.9 Å². The first-order valence-corrected chi connectivity index (χ1v) is 4.63. The first kappa shape index (κ1) is 13.1. The van der Waals surface area contributed by atoms with Crippen molar-refractivity contribution in [2.24, 2.45) is 5.73 Å². The molecule has 0 fully saturated rings. The van der Waals surface area contributed by atoms with E-state index in [0.717, 1.165) is 12.1 Å². The van der Waals surface area contributed by atoms with Gasteiger partial charge in [0, 0.05) is 5.56 Å². The maximum absolute atomic E-state index is 12.0. The van der Waals surface area contributed by atoms with Crippen molar-refractivity contribution in [1.29, 1.82) is 0 Å². The highest BCUT2D eigenvalue weighted by Crippen LogP contribution is 2.25. The molecular formula is C11H10F3NO2. The summed E-state index contributed by atoms with van der Waals surface area (Å²) in [6.07, 6.45) is -3.08. The van der Waals surface area contributed by atoms with E-state index in [2.05, 4.69) is 11.3 Å². The van der Waals surface area contributed by atoms with Crippen LogP contribution in [0.25, 0.3) is 0 Å². The molecule has 6 heteroatoms. The highest BCUT2D eigenvalue weighted by atomic mass is 19.4. The summed E-state index contributed by atoms with van der Waals surface area (Å²) in [4.78, 5) is 11.0. The number of carbonyl (C=O) groups is 1. The molecule has 3 nitrogen and oxygen atoms in total. The molecule has 0 saturated carbocycles. The van der Waals surface area contributed by atoms with Gasteiger partial charge in [-0.1, -0.05) is 6.08 Å². The number of hydrogen-bond acceptors (Lipinski definition) is 2. The first-order chi connectivity index (χ1) is 7.83. The monoisotopic (exact) mass is 245 g/mol. The third-order valence-corrected chi connectivity index (χ3v) is 1.94. The number of rotatable bonds is 4. The Bertz CT molecular complexity index is 441. The number of primary amides is 1. The van der Waals surface area contributed by atoms with Crippen molar-refractivity contribution in [3.8, 4) is 5.75 Å². The van der Waals surface area contributed by atoms with E-state index in [-0.39, 0.29) is 17.7 Å². The SMILES string of the molecule is C=CCc1cc(OC(F)(F)F)ccc1C(N)=O. The Balaban J connectivity index is 3.09. The number of benzene rings is 1. The third kappa shape index (κ3) is 3.82. The van der Waals surface area contributed by atoms with E-state index < -0.39 is 12.3 Å². The molecule has 17 heavy (non-hydrogen) atoms. The van der Waals surface area contributed by atoms with Gasteiger partial charge in [-0.25, -0.2) is 0 Å². The van der Waals surface area contributed by atoms with Crippen LogP contribution in [0.3, 0.4) is 0 Å². The molecule has 0 heterocycles. The molecule has 0 aliphatic rings. The van der Waals surface area contributed by atoms with Crippen LogP contribution < -0.4 is 10.5 Å². The Morgan fingerprint density at radius 2 is 2.12 bits per heavy atom. The molecular weight excluding hydrogens is 235 g/mol. The molecule has 1 amide bonds.